The molecule has 0 radical (unpaired) electrons. The maximum absolute atomic E-state index is 12.3. The molecule has 21 heavy (non-hydrogen) atoms. The highest BCUT2D eigenvalue weighted by Gasteiger charge is 2.26. The van der Waals surface area contributed by atoms with Gasteiger partial charge in [0, 0.05) is 17.7 Å². The van der Waals surface area contributed by atoms with Gasteiger partial charge in [-0.25, -0.2) is 0 Å². The molecule has 0 atom stereocenters. The monoisotopic (exact) mass is 291 g/mol. The number of unbranched alkanes of at least 4 members (excludes halogenated alkanes) is 1. The van der Waals surface area contributed by atoms with Crippen molar-refractivity contribution in [3.8, 4) is 0 Å². The zero-order valence-corrected chi connectivity index (χ0v) is 13.5. The van der Waals surface area contributed by atoms with Crippen LogP contribution in [0.3, 0.4) is 0 Å². The number of anilines is 1. The largest absolute Gasteiger partial charge is 0.309 e. The van der Waals surface area contributed by atoms with Crippen LogP contribution in [0.15, 0.2) is 6.07 Å². The maximum atomic E-state index is 12.3. The Morgan fingerprint density at radius 1 is 1.29 bits per heavy atom. The fraction of sp³-hybridized carbons (Fsp3) is 0.765. The highest BCUT2D eigenvalue weighted by Crippen LogP contribution is 2.32. The van der Waals surface area contributed by atoms with Gasteiger partial charge < -0.3 is 5.32 Å². The molecule has 0 aromatic carbocycles. The number of hydrogen-bond donors (Lipinski definition) is 2. The summed E-state index contributed by atoms with van der Waals surface area (Å²) >= 11 is 0. The van der Waals surface area contributed by atoms with Crippen LogP contribution in [0.4, 0.5) is 5.82 Å². The summed E-state index contributed by atoms with van der Waals surface area (Å²) in [6.07, 6.45) is 10.5. The van der Waals surface area contributed by atoms with E-state index in [0.29, 0.717) is 5.82 Å². The quantitative estimate of drug-likeness (QED) is 0.787. The van der Waals surface area contributed by atoms with Gasteiger partial charge in [-0.15, -0.1) is 0 Å². The van der Waals surface area contributed by atoms with Crippen LogP contribution in [0.5, 0.6) is 0 Å². The number of amides is 1. The first-order chi connectivity index (χ1) is 10.2. The van der Waals surface area contributed by atoms with Crippen molar-refractivity contribution in [2.75, 3.05) is 5.32 Å². The first-order valence-electron chi connectivity index (χ1n) is 8.58. The van der Waals surface area contributed by atoms with E-state index in [-0.39, 0.29) is 11.8 Å². The van der Waals surface area contributed by atoms with Crippen LogP contribution in [-0.2, 0) is 11.2 Å². The zero-order chi connectivity index (χ0) is 15.1. The lowest BCUT2D eigenvalue weighted by Gasteiger charge is -2.27. The topological polar surface area (TPSA) is 57.8 Å². The third-order valence-corrected chi connectivity index (χ3v) is 4.58. The number of nitrogens with zero attached hydrogens (tertiary/aromatic N) is 1. The summed E-state index contributed by atoms with van der Waals surface area (Å²) in [4.78, 5) is 12.3. The molecular formula is C17H29N3O. The Labute approximate surface area is 128 Å². The van der Waals surface area contributed by atoms with E-state index < -0.39 is 0 Å². The smallest absolute Gasteiger partial charge is 0.228 e. The number of aromatic amines is 1. The number of carbonyl (C=O) groups is 1. The molecule has 4 nitrogen and oxygen atoms in total. The minimum Gasteiger partial charge on any atom is -0.309 e. The summed E-state index contributed by atoms with van der Waals surface area (Å²) in [5.41, 5.74) is 1.09. The molecule has 4 heteroatoms. The molecule has 118 valence electrons. The second-order valence-corrected chi connectivity index (χ2v) is 6.38. The number of H-pyrrole nitrogens is 1. The molecule has 2 rings (SSSR count). The highest BCUT2D eigenvalue weighted by atomic mass is 16.1. The van der Waals surface area contributed by atoms with Crippen LogP contribution in [-0.4, -0.2) is 16.1 Å². The van der Waals surface area contributed by atoms with E-state index in [1.165, 1.54) is 32.1 Å². The van der Waals surface area contributed by atoms with Gasteiger partial charge in [0.15, 0.2) is 5.82 Å². The number of aryl methyl sites for hydroxylation is 1. The van der Waals surface area contributed by atoms with Crippen molar-refractivity contribution in [1.82, 2.24) is 10.2 Å². The molecule has 0 unspecified atom stereocenters. The molecule has 1 heterocycles. The second kappa shape index (κ2) is 8.20. The summed E-state index contributed by atoms with van der Waals surface area (Å²) in [6.45, 7) is 4.38. The van der Waals surface area contributed by atoms with Crippen molar-refractivity contribution in [2.24, 2.45) is 11.8 Å². The van der Waals surface area contributed by atoms with Gasteiger partial charge in [-0.05, 0) is 38.0 Å². The molecule has 2 N–H and O–H groups in total. The van der Waals surface area contributed by atoms with Gasteiger partial charge in [0.1, 0.15) is 0 Å². The van der Waals surface area contributed by atoms with E-state index in [2.05, 4.69) is 29.4 Å². The van der Waals surface area contributed by atoms with E-state index >= 15 is 0 Å². The van der Waals surface area contributed by atoms with Crippen molar-refractivity contribution < 1.29 is 4.79 Å². The minimum atomic E-state index is 0.151. The summed E-state index contributed by atoms with van der Waals surface area (Å²) in [5.74, 6) is 1.85. The molecule has 1 fully saturated rings. The van der Waals surface area contributed by atoms with Gasteiger partial charge in [-0.3, -0.25) is 9.89 Å². The van der Waals surface area contributed by atoms with Crippen LogP contribution in [0.1, 0.15) is 70.9 Å². The Bertz CT molecular complexity index is 433. The second-order valence-electron chi connectivity index (χ2n) is 6.38. The van der Waals surface area contributed by atoms with Crippen LogP contribution in [0.25, 0.3) is 0 Å². The molecule has 1 aliphatic rings. The number of aromatic nitrogens is 2. The van der Waals surface area contributed by atoms with E-state index in [1.807, 2.05) is 6.07 Å². The lowest BCUT2D eigenvalue weighted by molar-refractivity contribution is -0.121. The van der Waals surface area contributed by atoms with Gasteiger partial charge in [-0.1, -0.05) is 39.5 Å². The maximum Gasteiger partial charge on any atom is 0.228 e. The van der Waals surface area contributed by atoms with Gasteiger partial charge in [0.25, 0.3) is 0 Å². The first-order valence-corrected chi connectivity index (χ1v) is 8.58. The minimum absolute atomic E-state index is 0.151. The number of hydrogen-bond acceptors (Lipinski definition) is 2. The van der Waals surface area contributed by atoms with Crippen molar-refractivity contribution in [1.29, 1.82) is 0 Å². The zero-order valence-electron chi connectivity index (χ0n) is 13.5. The van der Waals surface area contributed by atoms with Crippen LogP contribution in [0.2, 0.25) is 0 Å². The molecule has 0 bridgehead atoms. The Morgan fingerprint density at radius 2 is 2.05 bits per heavy atom. The molecule has 1 amide bonds. The molecule has 1 aromatic heterocycles. The number of carbonyl (C=O) groups excluding carboxylic acids is 1. The Morgan fingerprint density at radius 3 is 2.71 bits per heavy atom. The van der Waals surface area contributed by atoms with Crippen LogP contribution >= 0.6 is 0 Å². The Kier molecular flexibility index (Phi) is 6.27. The highest BCUT2D eigenvalue weighted by molar-refractivity contribution is 5.91. The van der Waals surface area contributed by atoms with Crippen molar-refractivity contribution in [3.05, 3.63) is 11.8 Å². The van der Waals surface area contributed by atoms with E-state index in [0.717, 1.165) is 37.3 Å². The third-order valence-electron chi connectivity index (χ3n) is 4.58. The summed E-state index contributed by atoms with van der Waals surface area (Å²) in [7, 11) is 0. The van der Waals surface area contributed by atoms with Crippen molar-refractivity contribution in [2.45, 2.75) is 71.6 Å². The average Bonchev–Trinajstić information content (AvgIpc) is 2.93. The van der Waals surface area contributed by atoms with Crippen molar-refractivity contribution >= 4 is 11.7 Å². The van der Waals surface area contributed by atoms with Gasteiger partial charge in [0.05, 0.1) is 0 Å². The predicted molar refractivity (Wildman–Crippen MR) is 86.2 cm³/mol. The third kappa shape index (κ3) is 4.87. The molecule has 0 spiro atoms. The molecule has 0 aliphatic heterocycles. The van der Waals surface area contributed by atoms with Crippen LogP contribution in [0, 0.1) is 11.8 Å². The molecular weight excluding hydrogens is 262 g/mol. The predicted octanol–water partition coefficient (Wildman–Crippen LogP) is 4.30. The molecule has 1 aliphatic carbocycles. The van der Waals surface area contributed by atoms with Crippen LogP contribution < -0.4 is 5.32 Å². The van der Waals surface area contributed by atoms with Crippen molar-refractivity contribution in [3.63, 3.8) is 0 Å². The Balaban J connectivity index is 1.76. The molecule has 1 aromatic rings. The van der Waals surface area contributed by atoms with Gasteiger partial charge in [0.2, 0.25) is 5.91 Å². The SMILES string of the molecule is CCCCC1CCC(C(=O)Nc2cc(CCC)[nH]n2)CC1. The van der Waals surface area contributed by atoms with E-state index in [9.17, 15) is 4.79 Å². The summed E-state index contributed by atoms with van der Waals surface area (Å²) in [5, 5.41) is 10.1. The van der Waals surface area contributed by atoms with Gasteiger partial charge >= 0.3 is 0 Å². The van der Waals surface area contributed by atoms with E-state index in [1.54, 1.807) is 0 Å². The number of rotatable bonds is 7. The lowest BCUT2D eigenvalue weighted by atomic mass is 9.79. The fourth-order valence-corrected chi connectivity index (χ4v) is 3.26. The summed E-state index contributed by atoms with van der Waals surface area (Å²) < 4.78 is 0. The average molecular weight is 291 g/mol. The Hall–Kier alpha value is -1.32. The standard InChI is InChI=1S/C17H29N3O/c1-3-5-7-13-8-10-14(11-9-13)17(21)18-16-12-15(6-4-2)19-20-16/h12-14H,3-11H2,1-2H3,(H2,18,19,20,21). The molecule has 0 saturated heterocycles. The molecule has 1 saturated carbocycles. The van der Waals surface area contributed by atoms with Gasteiger partial charge in [-0.2, -0.15) is 5.10 Å². The lowest BCUT2D eigenvalue weighted by Crippen LogP contribution is -2.27. The van der Waals surface area contributed by atoms with E-state index in [4.69, 9.17) is 0 Å². The normalized spacial score (nSPS) is 22.2. The number of nitrogens with one attached hydrogen (secondary N) is 2. The summed E-state index contributed by atoms with van der Waals surface area (Å²) in [6, 6.07) is 1.95. The first kappa shape index (κ1) is 16.1. The fourth-order valence-electron chi connectivity index (χ4n) is 3.26.